The van der Waals surface area contributed by atoms with Crippen molar-refractivity contribution in [2.24, 2.45) is 0 Å². The Hall–Kier alpha value is -0.610. The molecule has 0 saturated carbocycles. The van der Waals surface area contributed by atoms with Crippen LogP contribution in [0.25, 0.3) is 0 Å². The Labute approximate surface area is 96.9 Å². The summed E-state index contributed by atoms with van der Waals surface area (Å²) >= 11 is 3.30. The van der Waals surface area contributed by atoms with Crippen LogP contribution in [-0.4, -0.2) is 19.2 Å². The van der Waals surface area contributed by atoms with Crippen molar-refractivity contribution in [1.82, 2.24) is 5.32 Å². The van der Waals surface area contributed by atoms with E-state index in [2.05, 4.69) is 21.2 Å². The topological polar surface area (TPSA) is 21.3 Å². The van der Waals surface area contributed by atoms with Gasteiger partial charge in [0.15, 0.2) is 11.6 Å². The third-order valence-corrected chi connectivity index (χ3v) is 2.97. The van der Waals surface area contributed by atoms with Crippen LogP contribution in [0.3, 0.4) is 0 Å². The van der Waals surface area contributed by atoms with E-state index in [1.165, 1.54) is 6.07 Å². The van der Waals surface area contributed by atoms with E-state index in [0.717, 1.165) is 30.4 Å². The molecule has 1 aliphatic rings. The third-order valence-electron chi connectivity index (χ3n) is 2.47. The monoisotopic (exact) mass is 273 g/mol. The molecule has 1 saturated heterocycles. The maximum atomic E-state index is 13.4. The lowest BCUT2D eigenvalue weighted by molar-refractivity contribution is 0.156. The fraction of sp³-hybridized carbons (Fsp3) is 0.455. The first-order chi connectivity index (χ1) is 7.25. The highest BCUT2D eigenvalue weighted by Gasteiger charge is 2.16. The molecule has 15 heavy (non-hydrogen) atoms. The van der Waals surface area contributed by atoms with Crippen LogP contribution < -0.4 is 10.1 Å². The fourth-order valence-corrected chi connectivity index (χ4v) is 2.00. The van der Waals surface area contributed by atoms with E-state index in [9.17, 15) is 4.39 Å². The van der Waals surface area contributed by atoms with E-state index >= 15 is 0 Å². The summed E-state index contributed by atoms with van der Waals surface area (Å²) in [7, 11) is 0. The summed E-state index contributed by atoms with van der Waals surface area (Å²) in [5.74, 6) is 0.0491. The van der Waals surface area contributed by atoms with Gasteiger partial charge in [-0.25, -0.2) is 4.39 Å². The van der Waals surface area contributed by atoms with Gasteiger partial charge in [-0.2, -0.15) is 0 Å². The lowest BCUT2D eigenvalue weighted by Crippen LogP contribution is -2.34. The van der Waals surface area contributed by atoms with Gasteiger partial charge >= 0.3 is 0 Å². The molecule has 4 heteroatoms. The summed E-state index contributed by atoms with van der Waals surface area (Å²) in [5, 5.41) is 3.24. The predicted molar refractivity (Wildman–Crippen MR) is 60.6 cm³/mol. The molecule has 0 aromatic heterocycles. The van der Waals surface area contributed by atoms with Gasteiger partial charge < -0.3 is 10.1 Å². The molecule has 0 bridgehead atoms. The molecule has 0 amide bonds. The Bertz CT molecular complexity index is 339. The smallest absolute Gasteiger partial charge is 0.165 e. The van der Waals surface area contributed by atoms with Crippen molar-refractivity contribution in [2.75, 3.05) is 13.1 Å². The lowest BCUT2D eigenvalue weighted by atomic mass is 10.1. The quantitative estimate of drug-likeness (QED) is 0.895. The van der Waals surface area contributed by atoms with E-state index < -0.39 is 0 Å². The van der Waals surface area contributed by atoms with E-state index in [1.54, 1.807) is 12.1 Å². The minimum absolute atomic E-state index is 0.134. The molecule has 0 unspecified atom stereocenters. The molecule has 82 valence electrons. The summed E-state index contributed by atoms with van der Waals surface area (Å²) < 4.78 is 19.8. The van der Waals surface area contributed by atoms with Gasteiger partial charge in [0, 0.05) is 4.47 Å². The standard InChI is InChI=1S/C11H13BrFNO/c12-8-1-2-10(13)11(7-8)15-9-3-5-14-6-4-9/h1-2,7,9,14H,3-6H2. The predicted octanol–water partition coefficient (Wildman–Crippen LogP) is 2.72. The molecule has 1 fully saturated rings. The summed E-state index contributed by atoms with van der Waals surface area (Å²) in [6, 6.07) is 4.77. The second kappa shape index (κ2) is 4.94. The number of piperidine rings is 1. The zero-order valence-corrected chi connectivity index (χ0v) is 9.89. The SMILES string of the molecule is Fc1ccc(Br)cc1OC1CCNCC1. The molecule has 1 heterocycles. The van der Waals surface area contributed by atoms with Gasteiger partial charge in [0.25, 0.3) is 0 Å². The van der Waals surface area contributed by atoms with Crippen molar-refractivity contribution >= 4 is 15.9 Å². The molecule has 1 aromatic carbocycles. The van der Waals surface area contributed by atoms with Gasteiger partial charge in [0.2, 0.25) is 0 Å². The van der Waals surface area contributed by atoms with Crippen LogP contribution in [0, 0.1) is 5.82 Å². The van der Waals surface area contributed by atoms with E-state index in [1.807, 2.05) is 0 Å². The second-order valence-corrected chi connectivity index (χ2v) is 4.56. The highest BCUT2D eigenvalue weighted by molar-refractivity contribution is 9.10. The average molecular weight is 274 g/mol. The minimum Gasteiger partial charge on any atom is -0.487 e. The number of nitrogens with one attached hydrogen (secondary N) is 1. The summed E-state index contributed by atoms with van der Waals surface area (Å²) in [5.41, 5.74) is 0. The third kappa shape index (κ3) is 2.92. The van der Waals surface area contributed by atoms with Crippen molar-refractivity contribution in [1.29, 1.82) is 0 Å². The van der Waals surface area contributed by atoms with Gasteiger partial charge in [-0.05, 0) is 44.1 Å². The molecular formula is C11H13BrFNO. The van der Waals surface area contributed by atoms with Crippen LogP contribution >= 0.6 is 15.9 Å². The summed E-state index contributed by atoms with van der Waals surface area (Å²) in [6.07, 6.45) is 2.01. The first-order valence-corrected chi connectivity index (χ1v) is 5.87. The van der Waals surface area contributed by atoms with Crippen LogP contribution in [0.1, 0.15) is 12.8 Å². The van der Waals surface area contributed by atoms with Gasteiger partial charge in [0.1, 0.15) is 6.10 Å². The number of halogens is 2. The van der Waals surface area contributed by atoms with E-state index in [0.29, 0.717) is 5.75 Å². The maximum Gasteiger partial charge on any atom is 0.165 e. The maximum absolute atomic E-state index is 13.4. The molecule has 0 atom stereocenters. The molecule has 0 aliphatic carbocycles. The molecule has 1 aliphatic heterocycles. The van der Waals surface area contributed by atoms with Crippen molar-refractivity contribution in [2.45, 2.75) is 18.9 Å². The Balaban J connectivity index is 2.05. The van der Waals surface area contributed by atoms with Gasteiger partial charge in [-0.1, -0.05) is 15.9 Å². The molecule has 0 spiro atoms. The zero-order valence-electron chi connectivity index (χ0n) is 8.30. The molecule has 1 N–H and O–H groups in total. The molecule has 2 rings (SSSR count). The highest BCUT2D eigenvalue weighted by Crippen LogP contribution is 2.24. The Morgan fingerprint density at radius 1 is 1.33 bits per heavy atom. The Kier molecular flexibility index (Phi) is 3.59. The first kappa shape index (κ1) is 10.9. The van der Waals surface area contributed by atoms with Gasteiger partial charge in [-0.3, -0.25) is 0 Å². The molecule has 1 aromatic rings. The Morgan fingerprint density at radius 3 is 2.80 bits per heavy atom. The zero-order chi connectivity index (χ0) is 10.7. The first-order valence-electron chi connectivity index (χ1n) is 5.08. The lowest BCUT2D eigenvalue weighted by Gasteiger charge is -2.24. The van der Waals surface area contributed by atoms with Crippen molar-refractivity contribution in [3.8, 4) is 5.75 Å². The minimum atomic E-state index is -0.295. The molecular weight excluding hydrogens is 261 g/mol. The largest absolute Gasteiger partial charge is 0.487 e. The molecule has 2 nitrogen and oxygen atoms in total. The summed E-state index contributed by atoms with van der Waals surface area (Å²) in [6.45, 7) is 1.89. The fourth-order valence-electron chi connectivity index (χ4n) is 1.66. The normalized spacial score (nSPS) is 17.7. The van der Waals surface area contributed by atoms with Crippen molar-refractivity contribution in [3.05, 3.63) is 28.5 Å². The van der Waals surface area contributed by atoms with Crippen molar-refractivity contribution in [3.63, 3.8) is 0 Å². The van der Waals surface area contributed by atoms with E-state index in [-0.39, 0.29) is 11.9 Å². The number of hydrogen-bond donors (Lipinski definition) is 1. The van der Waals surface area contributed by atoms with Crippen LogP contribution in [0.5, 0.6) is 5.75 Å². The van der Waals surface area contributed by atoms with Gasteiger partial charge in [0.05, 0.1) is 0 Å². The van der Waals surface area contributed by atoms with Crippen LogP contribution in [0.2, 0.25) is 0 Å². The second-order valence-electron chi connectivity index (χ2n) is 3.64. The van der Waals surface area contributed by atoms with Crippen LogP contribution in [0.15, 0.2) is 22.7 Å². The van der Waals surface area contributed by atoms with Gasteiger partial charge in [-0.15, -0.1) is 0 Å². The van der Waals surface area contributed by atoms with Crippen molar-refractivity contribution < 1.29 is 9.13 Å². The number of rotatable bonds is 2. The summed E-state index contributed by atoms with van der Waals surface area (Å²) in [4.78, 5) is 0. The van der Waals surface area contributed by atoms with Crippen LogP contribution in [-0.2, 0) is 0 Å². The molecule has 0 radical (unpaired) electrons. The van der Waals surface area contributed by atoms with E-state index in [4.69, 9.17) is 4.74 Å². The number of benzene rings is 1. The average Bonchev–Trinajstić information content (AvgIpc) is 2.25. The highest BCUT2D eigenvalue weighted by atomic mass is 79.9. The van der Waals surface area contributed by atoms with Crippen LogP contribution in [0.4, 0.5) is 4.39 Å². The number of hydrogen-bond acceptors (Lipinski definition) is 2. The number of ether oxygens (including phenoxy) is 1. The Morgan fingerprint density at radius 2 is 2.07 bits per heavy atom.